The molecule has 0 aliphatic rings. The molecule has 8 heteroatoms. The molecule has 0 saturated carbocycles. The molecule has 0 saturated heterocycles. The molecule has 0 fully saturated rings. The molecule has 0 aliphatic carbocycles. The van der Waals surface area contributed by atoms with Crippen molar-refractivity contribution < 1.29 is 19.8 Å². The van der Waals surface area contributed by atoms with Crippen molar-refractivity contribution in [2.75, 3.05) is 11.9 Å². The van der Waals surface area contributed by atoms with Gasteiger partial charge in [-0.05, 0) is 25.1 Å². The van der Waals surface area contributed by atoms with Crippen molar-refractivity contribution in [1.82, 2.24) is 5.32 Å². The third-order valence-corrected chi connectivity index (χ3v) is 2.71. The number of nitrogens with zero attached hydrogens (tertiary/aromatic N) is 1. The van der Waals surface area contributed by atoms with Crippen LogP contribution in [0.1, 0.15) is 12.5 Å². The number of anilines is 1. The molecular weight excluding hydrogens is 286 g/mol. The number of carboxylic acids is 1. The van der Waals surface area contributed by atoms with E-state index in [9.17, 15) is 14.7 Å². The molecule has 0 bridgehead atoms. The number of amides is 2. The monoisotopic (exact) mass is 297 g/mol. The minimum absolute atomic E-state index is 0.183. The molecule has 106 valence electrons. The van der Waals surface area contributed by atoms with Gasteiger partial charge < -0.3 is 20.8 Å². The van der Waals surface area contributed by atoms with E-state index in [0.717, 1.165) is 6.92 Å². The fourth-order valence-corrected chi connectivity index (χ4v) is 1.41. The highest BCUT2D eigenvalue weighted by atomic mass is 35.5. The molecule has 1 aromatic carbocycles. The van der Waals surface area contributed by atoms with Crippen LogP contribution in [0.4, 0.5) is 10.5 Å². The number of hydrogen-bond donors (Lipinski definition) is 4. The number of nitrogens with one attached hydrogen (secondary N) is 2. The number of carbonyl (C=O) groups excluding carboxylic acids is 1. The lowest BCUT2D eigenvalue weighted by Gasteiger charge is -2.18. The van der Waals surface area contributed by atoms with E-state index in [0.29, 0.717) is 5.69 Å². The summed E-state index contributed by atoms with van der Waals surface area (Å²) in [5.74, 6) is -1.45. The topological polar surface area (TPSA) is 122 Å². The zero-order valence-corrected chi connectivity index (χ0v) is 11.2. The van der Waals surface area contributed by atoms with Gasteiger partial charge in [0.1, 0.15) is 6.07 Å². The van der Waals surface area contributed by atoms with E-state index in [4.69, 9.17) is 22.0 Å². The summed E-state index contributed by atoms with van der Waals surface area (Å²) in [5, 5.41) is 31.6. The normalized spacial score (nSPS) is 12.9. The zero-order chi connectivity index (χ0) is 15.3. The van der Waals surface area contributed by atoms with Crippen LogP contribution in [-0.2, 0) is 4.79 Å². The number of hydrogen-bond acceptors (Lipinski definition) is 4. The molecule has 0 spiro atoms. The van der Waals surface area contributed by atoms with Crippen LogP contribution in [0, 0.1) is 11.3 Å². The molecule has 20 heavy (non-hydrogen) atoms. The van der Waals surface area contributed by atoms with Crippen LogP contribution >= 0.6 is 11.6 Å². The summed E-state index contributed by atoms with van der Waals surface area (Å²) in [4.78, 5) is 22.2. The lowest BCUT2D eigenvalue weighted by molar-refractivity contribution is -0.155. The van der Waals surface area contributed by atoms with E-state index in [1.54, 1.807) is 0 Å². The molecule has 0 heterocycles. The lowest BCUT2D eigenvalue weighted by atomic mass is 10.1. The number of urea groups is 1. The first-order valence-corrected chi connectivity index (χ1v) is 5.84. The average molecular weight is 298 g/mol. The summed E-state index contributed by atoms with van der Waals surface area (Å²) in [6.45, 7) is 0.604. The predicted molar refractivity (Wildman–Crippen MR) is 71.4 cm³/mol. The van der Waals surface area contributed by atoms with E-state index in [1.165, 1.54) is 18.2 Å². The fraction of sp³-hybridized carbons (Fsp3) is 0.250. The maximum atomic E-state index is 11.5. The maximum Gasteiger partial charge on any atom is 0.337 e. The van der Waals surface area contributed by atoms with Crippen LogP contribution in [0.2, 0.25) is 5.02 Å². The summed E-state index contributed by atoms with van der Waals surface area (Å²) in [5.41, 5.74) is -1.45. The van der Waals surface area contributed by atoms with Gasteiger partial charge in [0.05, 0.1) is 17.1 Å². The number of aliphatic carboxylic acids is 1. The van der Waals surface area contributed by atoms with E-state index in [2.05, 4.69) is 10.6 Å². The first-order chi connectivity index (χ1) is 9.26. The highest BCUT2D eigenvalue weighted by Gasteiger charge is 2.30. The largest absolute Gasteiger partial charge is 0.479 e. The first-order valence-electron chi connectivity index (χ1n) is 5.46. The lowest BCUT2D eigenvalue weighted by Crippen LogP contribution is -2.47. The average Bonchev–Trinajstić information content (AvgIpc) is 2.36. The molecule has 7 nitrogen and oxygen atoms in total. The van der Waals surface area contributed by atoms with Crippen LogP contribution in [0.5, 0.6) is 0 Å². The van der Waals surface area contributed by atoms with Gasteiger partial charge in [-0.3, -0.25) is 0 Å². The third kappa shape index (κ3) is 4.12. The summed E-state index contributed by atoms with van der Waals surface area (Å²) in [6.07, 6.45) is 0. The highest BCUT2D eigenvalue weighted by Crippen LogP contribution is 2.20. The number of rotatable bonds is 4. The number of carbonyl (C=O) groups is 2. The third-order valence-electron chi connectivity index (χ3n) is 2.40. The number of carboxylic acid groups (broad SMARTS) is 1. The molecule has 2 amide bonds. The van der Waals surface area contributed by atoms with E-state index in [1.807, 2.05) is 6.07 Å². The summed E-state index contributed by atoms with van der Waals surface area (Å²) < 4.78 is 0. The van der Waals surface area contributed by atoms with Gasteiger partial charge in [-0.2, -0.15) is 5.26 Å². The smallest absolute Gasteiger partial charge is 0.337 e. The van der Waals surface area contributed by atoms with Crippen molar-refractivity contribution in [1.29, 1.82) is 5.26 Å². The Morgan fingerprint density at radius 1 is 1.50 bits per heavy atom. The Kier molecular flexibility index (Phi) is 4.91. The van der Waals surface area contributed by atoms with Crippen LogP contribution in [0.25, 0.3) is 0 Å². The van der Waals surface area contributed by atoms with Crippen LogP contribution in [0.15, 0.2) is 18.2 Å². The summed E-state index contributed by atoms with van der Waals surface area (Å²) in [7, 11) is 0. The van der Waals surface area contributed by atoms with Crippen LogP contribution in [-0.4, -0.2) is 34.4 Å². The molecule has 0 radical (unpaired) electrons. The van der Waals surface area contributed by atoms with Gasteiger partial charge in [-0.15, -0.1) is 0 Å². The molecule has 1 atom stereocenters. The Labute approximate surface area is 119 Å². The Hall–Kier alpha value is -2.30. The predicted octanol–water partition coefficient (Wildman–Crippen LogP) is 1.17. The van der Waals surface area contributed by atoms with Crippen molar-refractivity contribution in [2.45, 2.75) is 12.5 Å². The minimum atomic E-state index is -2.06. The van der Waals surface area contributed by atoms with Gasteiger partial charge in [-0.1, -0.05) is 11.6 Å². The molecule has 0 aromatic heterocycles. The van der Waals surface area contributed by atoms with Gasteiger partial charge in [0.2, 0.25) is 0 Å². The number of halogens is 1. The molecule has 1 aromatic rings. The molecule has 4 N–H and O–H groups in total. The van der Waals surface area contributed by atoms with E-state index < -0.39 is 24.1 Å². The second kappa shape index (κ2) is 6.23. The van der Waals surface area contributed by atoms with Crippen LogP contribution < -0.4 is 10.6 Å². The Balaban J connectivity index is 2.62. The van der Waals surface area contributed by atoms with Gasteiger partial charge in [-0.25, -0.2) is 9.59 Å². The molecule has 0 aliphatic heterocycles. The van der Waals surface area contributed by atoms with Crippen molar-refractivity contribution in [2.24, 2.45) is 0 Å². The van der Waals surface area contributed by atoms with Crippen molar-refractivity contribution in [3.63, 3.8) is 0 Å². The van der Waals surface area contributed by atoms with Gasteiger partial charge >= 0.3 is 12.0 Å². The quantitative estimate of drug-likeness (QED) is 0.664. The molecule has 1 unspecified atom stereocenters. The van der Waals surface area contributed by atoms with E-state index >= 15 is 0 Å². The van der Waals surface area contributed by atoms with E-state index in [-0.39, 0.29) is 10.6 Å². The fourth-order valence-electron chi connectivity index (χ4n) is 1.19. The second-order valence-electron chi connectivity index (χ2n) is 4.19. The standard InChI is InChI=1S/C12H12ClN3O4/c1-12(20,10(17)18)6-15-11(19)16-8-3-2-7(5-14)9(13)4-8/h2-4,20H,6H2,1H3,(H,17,18)(H2,15,16,19). The van der Waals surface area contributed by atoms with Crippen molar-refractivity contribution >= 4 is 29.3 Å². The minimum Gasteiger partial charge on any atom is -0.479 e. The molecular formula is C12H12ClN3O4. The van der Waals surface area contributed by atoms with Gasteiger partial charge in [0, 0.05) is 5.69 Å². The summed E-state index contributed by atoms with van der Waals surface area (Å²) >= 11 is 5.79. The highest BCUT2D eigenvalue weighted by molar-refractivity contribution is 6.32. The molecule has 1 rings (SSSR count). The number of aliphatic hydroxyl groups is 1. The Morgan fingerprint density at radius 3 is 2.65 bits per heavy atom. The Bertz CT molecular complexity index is 581. The van der Waals surface area contributed by atoms with Crippen LogP contribution in [0.3, 0.4) is 0 Å². The van der Waals surface area contributed by atoms with Gasteiger partial charge in [0.25, 0.3) is 0 Å². The summed E-state index contributed by atoms with van der Waals surface area (Å²) in [6, 6.07) is 5.46. The van der Waals surface area contributed by atoms with Crippen molar-refractivity contribution in [3.05, 3.63) is 28.8 Å². The number of nitriles is 1. The first kappa shape index (κ1) is 15.8. The zero-order valence-electron chi connectivity index (χ0n) is 10.5. The van der Waals surface area contributed by atoms with Gasteiger partial charge in [0.15, 0.2) is 5.60 Å². The van der Waals surface area contributed by atoms with Crippen molar-refractivity contribution in [3.8, 4) is 6.07 Å². The number of benzene rings is 1. The maximum absolute atomic E-state index is 11.5. The second-order valence-corrected chi connectivity index (χ2v) is 4.60. The Morgan fingerprint density at radius 2 is 2.15 bits per heavy atom. The SMILES string of the molecule is CC(O)(CNC(=O)Nc1ccc(C#N)c(Cl)c1)C(=O)O.